The molecule has 0 spiro atoms. The van der Waals surface area contributed by atoms with Crippen LogP contribution in [-0.4, -0.2) is 18.6 Å². The third-order valence-corrected chi connectivity index (χ3v) is 4.03. The number of halogens is 2. The Balaban J connectivity index is 2.26. The number of hydrogen-bond donors (Lipinski definition) is 2. The summed E-state index contributed by atoms with van der Waals surface area (Å²) < 4.78 is 52.7. The molecule has 0 saturated carbocycles. The van der Waals surface area contributed by atoms with E-state index >= 15 is 0 Å². The highest BCUT2D eigenvalue weighted by atomic mass is 32.2. The van der Waals surface area contributed by atoms with Crippen molar-refractivity contribution in [1.29, 1.82) is 0 Å². The minimum absolute atomic E-state index is 0.0988. The van der Waals surface area contributed by atoms with E-state index in [2.05, 4.69) is 14.9 Å². The van der Waals surface area contributed by atoms with Gasteiger partial charge in [0.1, 0.15) is 11.6 Å². The van der Waals surface area contributed by atoms with Crippen LogP contribution in [-0.2, 0) is 16.6 Å². The number of nitrogens with zero attached hydrogens (tertiary/aromatic N) is 1. The van der Waals surface area contributed by atoms with Crippen molar-refractivity contribution in [2.75, 3.05) is 0 Å². The minimum Gasteiger partial charge on any atom is -0.283 e. The summed E-state index contributed by atoms with van der Waals surface area (Å²) in [4.78, 5) is -0.976. The molecule has 2 rings (SSSR count). The second kappa shape index (κ2) is 5.06. The highest BCUT2D eigenvalue weighted by Gasteiger charge is 2.23. The topological polar surface area (TPSA) is 74.8 Å². The SMILES string of the molecule is Cc1[nH]ncc1CNS(=O)(=O)c1c(F)cccc1F. The monoisotopic (exact) mass is 287 g/mol. The van der Waals surface area contributed by atoms with E-state index in [4.69, 9.17) is 0 Å². The molecule has 0 aliphatic rings. The van der Waals surface area contributed by atoms with Crippen LogP contribution in [0.1, 0.15) is 11.3 Å². The summed E-state index contributed by atoms with van der Waals surface area (Å²) in [5.41, 5.74) is 1.28. The lowest BCUT2D eigenvalue weighted by molar-refractivity contribution is 0.514. The van der Waals surface area contributed by atoms with Gasteiger partial charge in [-0.15, -0.1) is 0 Å². The molecule has 0 aliphatic heterocycles. The molecular formula is C11H11F2N3O2S. The van der Waals surface area contributed by atoms with Crippen LogP contribution in [0.2, 0.25) is 0 Å². The second-order valence-electron chi connectivity index (χ2n) is 3.90. The summed E-state index contributed by atoms with van der Waals surface area (Å²) in [6.45, 7) is 1.61. The summed E-state index contributed by atoms with van der Waals surface area (Å²) >= 11 is 0. The van der Waals surface area contributed by atoms with Crippen LogP contribution in [0.25, 0.3) is 0 Å². The van der Waals surface area contributed by atoms with E-state index in [1.54, 1.807) is 6.92 Å². The van der Waals surface area contributed by atoms with Crippen molar-refractivity contribution in [2.45, 2.75) is 18.4 Å². The fourth-order valence-electron chi connectivity index (χ4n) is 1.54. The van der Waals surface area contributed by atoms with Gasteiger partial charge in [0.25, 0.3) is 0 Å². The lowest BCUT2D eigenvalue weighted by Crippen LogP contribution is -2.25. The Bertz CT molecular complexity index is 677. The van der Waals surface area contributed by atoms with Gasteiger partial charge < -0.3 is 0 Å². The van der Waals surface area contributed by atoms with Crippen LogP contribution in [0.5, 0.6) is 0 Å². The van der Waals surface area contributed by atoms with Crippen LogP contribution in [0.4, 0.5) is 8.78 Å². The number of aryl methyl sites for hydroxylation is 1. The normalized spacial score (nSPS) is 11.7. The van der Waals surface area contributed by atoms with Crippen LogP contribution in [0, 0.1) is 18.6 Å². The Morgan fingerprint density at radius 3 is 2.47 bits per heavy atom. The maximum atomic E-state index is 13.4. The number of aromatic amines is 1. The van der Waals surface area contributed by atoms with Crippen molar-refractivity contribution in [3.8, 4) is 0 Å². The average Bonchev–Trinajstić information content (AvgIpc) is 2.72. The first-order chi connectivity index (χ1) is 8.92. The van der Waals surface area contributed by atoms with Crippen molar-refractivity contribution in [3.63, 3.8) is 0 Å². The molecule has 1 heterocycles. The van der Waals surface area contributed by atoms with E-state index < -0.39 is 26.6 Å². The lowest BCUT2D eigenvalue weighted by Gasteiger charge is -2.08. The van der Waals surface area contributed by atoms with Gasteiger partial charge in [0.15, 0.2) is 4.90 Å². The molecule has 5 nitrogen and oxygen atoms in total. The van der Waals surface area contributed by atoms with Crippen molar-refractivity contribution < 1.29 is 17.2 Å². The molecule has 1 aromatic heterocycles. The summed E-state index contributed by atoms with van der Waals surface area (Å²) in [5, 5.41) is 6.36. The predicted octanol–water partition coefficient (Wildman–Crippen LogP) is 1.47. The standard InChI is InChI=1S/C11H11F2N3O2S/c1-7-8(5-14-16-7)6-15-19(17,18)11-9(12)3-2-4-10(11)13/h2-5,15H,6H2,1H3,(H,14,16). The third-order valence-electron chi connectivity index (χ3n) is 2.57. The molecular weight excluding hydrogens is 276 g/mol. The van der Waals surface area contributed by atoms with E-state index in [1.807, 2.05) is 0 Å². The number of sulfonamides is 1. The predicted molar refractivity (Wildman–Crippen MR) is 63.7 cm³/mol. The Labute approximate surface area is 108 Å². The molecule has 0 atom stereocenters. The molecule has 0 aliphatic carbocycles. The number of rotatable bonds is 4. The molecule has 102 valence electrons. The molecule has 0 amide bonds. The zero-order chi connectivity index (χ0) is 14.0. The number of aromatic nitrogens is 2. The maximum Gasteiger partial charge on any atom is 0.246 e. The molecule has 19 heavy (non-hydrogen) atoms. The van der Waals surface area contributed by atoms with Gasteiger partial charge in [0.05, 0.1) is 6.20 Å². The van der Waals surface area contributed by atoms with Crippen molar-refractivity contribution in [1.82, 2.24) is 14.9 Å². The second-order valence-corrected chi connectivity index (χ2v) is 5.60. The Hall–Kier alpha value is -1.80. The number of nitrogens with one attached hydrogen (secondary N) is 2. The molecule has 2 N–H and O–H groups in total. The molecule has 8 heteroatoms. The number of hydrogen-bond acceptors (Lipinski definition) is 3. The third kappa shape index (κ3) is 2.79. The molecule has 1 aromatic carbocycles. The quantitative estimate of drug-likeness (QED) is 0.894. The Morgan fingerprint density at radius 1 is 1.32 bits per heavy atom. The number of benzene rings is 1. The molecule has 0 radical (unpaired) electrons. The van der Waals surface area contributed by atoms with E-state index in [0.29, 0.717) is 11.3 Å². The highest BCUT2D eigenvalue weighted by Crippen LogP contribution is 2.18. The first-order valence-electron chi connectivity index (χ1n) is 5.34. The zero-order valence-corrected chi connectivity index (χ0v) is 10.8. The largest absolute Gasteiger partial charge is 0.283 e. The fraction of sp³-hybridized carbons (Fsp3) is 0.182. The van der Waals surface area contributed by atoms with Gasteiger partial charge in [-0.2, -0.15) is 5.10 Å². The van der Waals surface area contributed by atoms with Crippen LogP contribution < -0.4 is 4.72 Å². The van der Waals surface area contributed by atoms with E-state index in [-0.39, 0.29) is 6.54 Å². The summed E-state index contributed by atoms with van der Waals surface area (Å²) in [5.74, 6) is -2.26. The first-order valence-corrected chi connectivity index (χ1v) is 6.82. The summed E-state index contributed by atoms with van der Waals surface area (Å²) in [7, 11) is -4.26. The van der Waals surface area contributed by atoms with Gasteiger partial charge in [0, 0.05) is 17.8 Å². The van der Waals surface area contributed by atoms with Gasteiger partial charge in [-0.25, -0.2) is 21.9 Å². The van der Waals surface area contributed by atoms with Gasteiger partial charge in [-0.05, 0) is 19.1 Å². The van der Waals surface area contributed by atoms with E-state index in [0.717, 1.165) is 18.2 Å². The van der Waals surface area contributed by atoms with Gasteiger partial charge in [0.2, 0.25) is 10.0 Å². The highest BCUT2D eigenvalue weighted by molar-refractivity contribution is 7.89. The van der Waals surface area contributed by atoms with Crippen LogP contribution >= 0.6 is 0 Å². The van der Waals surface area contributed by atoms with Crippen LogP contribution in [0.15, 0.2) is 29.3 Å². The molecule has 2 aromatic rings. The van der Waals surface area contributed by atoms with Gasteiger partial charge >= 0.3 is 0 Å². The first kappa shape index (κ1) is 13.6. The molecule has 0 fully saturated rings. The lowest BCUT2D eigenvalue weighted by atomic mass is 10.3. The fourth-order valence-corrected chi connectivity index (χ4v) is 2.68. The van der Waals surface area contributed by atoms with Gasteiger partial charge in [-0.1, -0.05) is 6.07 Å². The van der Waals surface area contributed by atoms with Crippen LogP contribution in [0.3, 0.4) is 0 Å². The van der Waals surface area contributed by atoms with Crippen molar-refractivity contribution in [3.05, 3.63) is 47.3 Å². The molecule has 0 saturated heterocycles. The maximum absolute atomic E-state index is 13.4. The summed E-state index contributed by atoms with van der Waals surface area (Å²) in [6.07, 6.45) is 1.44. The Morgan fingerprint density at radius 2 is 1.95 bits per heavy atom. The van der Waals surface area contributed by atoms with E-state index in [9.17, 15) is 17.2 Å². The smallest absolute Gasteiger partial charge is 0.246 e. The average molecular weight is 287 g/mol. The number of H-pyrrole nitrogens is 1. The minimum atomic E-state index is -4.26. The molecule has 0 unspecified atom stereocenters. The van der Waals surface area contributed by atoms with E-state index in [1.165, 1.54) is 6.20 Å². The zero-order valence-electron chi connectivity index (χ0n) is 9.94. The Kier molecular flexibility index (Phi) is 3.63. The summed E-state index contributed by atoms with van der Waals surface area (Å²) in [6, 6.07) is 2.88. The van der Waals surface area contributed by atoms with Gasteiger partial charge in [-0.3, -0.25) is 5.10 Å². The van der Waals surface area contributed by atoms with Crippen molar-refractivity contribution >= 4 is 10.0 Å². The molecule has 0 bridgehead atoms. The van der Waals surface area contributed by atoms with Crippen molar-refractivity contribution in [2.24, 2.45) is 0 Å².